The van der Waals surface area contributed by atoms with Gasteiger partial charge in [-0.15, -0.1) is 0 Å². The normalized spacial score (nSPS) is 8.38. The molecular formula is C5H10BrClZn. The summed E-state index contributed by atoms with van der Waals surface area (Å²) in [4.78, 5) is 0. The quantitative estimate of drug-likeness (QED) is 0.354. The Balaban J connectivity index is 0. The molecule has 0 aromatic carbocycles. The summed E-state index contributed by atoms with van der Waals surface area (Å²) >= 11 is 6.89. The molecule has 0 saturated heterocycles. The average Bonchev–Trinajstić information content (AvgIpc) is 1.69. The molecule has 0 aliphatic heterocycles. The Bertz CT molecular complexity index is 31.6. The summed E-state index contributed by atoms with van der Waals surface area (Å²) in [6.45, 7) is 0. The first-order valence-electron chi connectivity index (χ1n) is 2.77. The van der Waals surface area contributed by atoms with E-state index in [-0.39, 0.29) is 17.0 Å². The Labute approximate surface area is 76.8 Å². The summed E-state index contributed by atoms with van der Waals surface area (Å²) in [6.07, 6.45) is 3.94. The molecule has 0 nitrogen and oxygen atoms in total. The zero-order valence-corrected chi connectivity index (χ0v) is 10.3. The second kappa shape index (κ2) is 11.2. The molecule has 0 unspecified atom stereocenters. The van der Waals surface area contributed by atoms with E-state index < -0.39 is 0 Å². The summed E-state index contributed by atoms with van der Waals surface area (Å²) in [6, 6.07) is 0. The van der Waals surface area contributed by atoms with Gasteiger partial charge in [-0.1, -0.05) is 0 Å². The van der Waals surface area contributed by atoms with Crippen LogP contribution in [0.25, 0.3) is 0 Å². The molecule has 0 amide bonds. The number of rotatable bonds is 4. The molecule has 0 rings (SSSR count). The average molecular weight is 251 g/mol. The van der Waals surface area contributed by atoms with Crippen LogP contribution in [0.3, 0.4) is 0 Å². The third-order valence-electron chi connectivity index (χ3n) is 0.884. The number of hydrogen-bond acceptors (Lipinski definition) is 0. The zero-order chi connectivity index (χ0) is 5.54. The topological polar surface area (TPSA) is 0 Å². The van der Waals surface area contributed by atoms with Gasteiger partial charge in [0.2, 0.25) is 0 Å². The molecule has 46 valence electrons. The first-order chi connectivity index (χ1) is 3.41. The summed E-state index contributed by atoms with van der Waals surface area (Å²) in [7, 11) is 0. The van der Waals surface area contributed by atoms with Crippen molar-refractivity contribution in [2.45, 2.75) is 24.3 Å². The minimum Gasteiger partial charge on any atom is -1.00 e. The van der Waals surface area contributed by atoms with Crippen LogP contribution >= 0.6 is 11.6 Å². The van der Waals surface area contributed by atoms with Crippen molar-refractivity contribution >= 4 is 11.6 Å². The smallest absolute Gasteiger partial charge is 1.00 e. The monoisotopic (exact) mass is 248 g/mol. The third-order valence-corrected chi connectivity index (χ3v) is 2.20. The van der Waals surface area contributed by atoms with E-state index in [1.165, 1.54) is 42.6 Å². The zero-order valence-electron chi connectivity index (χ0n) is 5.00. The summed E-state index contributed by atoms with van der Waals surface area (Å²) < 4.78 is 0. The van der Waals surface area contributed by atoms with E-state index in [0.29, 0.717) is 0 Å². The predicted molar refractivity (Wildman–Crippen MR) is 29.4 cm³/mol. The molecule has 0 N–H and O–H groups in total. The van der Waals surface area contributed by atoms with Gasteiger partial charge in [-0.3, -0.25) is 0 Å². The fraction of sp³-hybridized carbons (Fsp3) is 1.00. The van der Waals surface area contributed by atoms with Crippen molar-refractivity contribution in [2.75, 3.05) is 5.88 Å². The fourth-order valence-electron chi connectivity index (χ4n) is 0.448. The van der Waals surface area contributed by atoms with E-state index in [0.717, 1.165) is 5.88 Å². The van der Waals surface area contributed by atoms with Crippen LogP contribution in [-0.2, 0) is 18.3 Å². The number of halogens is 2. The van der Waals surface area contributed by atoms with E-state index in [1.54, 1.807) is 0 Å². The third kappa shape index (κ3) is 10.4. The van der Waals surface area contributed by atoms with Gasteiger partial charge in [0.1, 0.15) is 0 Å². The molecule has 0 radical (unpaired) electrons. The fourth-order valence-corrected chi connectivity index (χ4v) is 1.38. The summed E-state index contributed by atoms with van der Waals surface area (Å²) in [5, 5.41) is 1.43. The molecule has 3 heteroatoms. The van der Waals surface area contributed by atoms with Crippen molar-refractivity contribution in [3.8, 4) is 0 Å². The number of alkyl halides is 1. The van der Waals surface area contributed by atoms with E-state index in [1.807, 2.05) is 0 Å². The van der Waals surface area contributed by atoms with Gasteiger partial charge in [0.25, 0.3) is 0 Å². The van der Waals surface area contributed by atoms with E-state index in [4.69, 9.17) is 11.6 Å². The van der Waals surface area contributed by atoms with Gasteiger partial charge < -0.3 is 17.0 Å². The molecule has 0 fully saturated rings. The van der Waals surface area contributed by atoms with Gasteiger partial charge in [-0.25, -0.2) is 0 Å². The van der Waals surface area contributed by atoms with Gasteiger partial charge in [0, 0.05) is 0 Å². The Morgan fingerprint density at radius 1 is 1.12 bits per heavy atom. The first-order valence-corrected chi connectivity index (χ1v) is 5.40. The summed E-state index contributed by atoms with van der Waals surface area (Å²) in [5.74, 6) is 0.847. The molecule has 0 heterocycles. The van der Waals surface area contributed by atoms with Crippen LogP contribution in [0, 0.1) is 0 Å². The SMILES string of the molecule is ClCCCC[CH2][Zn+].[Br-]. The van der Waals surface area contributed by atoms with Gasteiger partial charge in [0.15, 0.2) is 0 Å². The van der Waals surface area contributed by atoms with Crippen molar-refractivity contribution in [3.63, 3.8) is 0 Å². The standard InChI is InChI=1S/C5H10Cl.BrH.Zn/c1-2-3-4-5-6;;/h1-5H2;1H;/q;;+1/p-1. The van der Waals surface area contributed by atoms with Crippen molar-refractivity contribution in [3.05, 3.63) is 0 Å². The largest absolute Gasteiger partial charge is 1.00 e. The molecule has 0 spiro atoms. The molecular weight excluding hydrogens is 241 g/mol. The Morgan fingerprint density at radius 3 is 2.12 bits per heavy atom. The first kappa shape index (κ1) is 12.1. The minimum absolute atomic E-state index is 0. The van der Waals surface area contributed by atoms with Crippen molar-refractivity contribution in [2.24, 2.45) is 0 Å². The van der Waals surface area contributed by atoms with Crippen molar-refractivity contribution in [1.29, 1.82) is 0 Å². The summed E-state index contributed by atoms with van der Waals surface area (Å²) in [5.41, 5.74) is 0. The van der Waals surface area contributed by atoms with Crippen LogP contribution in [0.1, 0.15) is 19.3 Å². The van der Waals surface area contributed by atoms with E-state index in [9.17, 15) is 0 Å². The number of unbranched alkanes of at least 4 members (excludes halogenated alkanes) is 2. The second-order valence-corrected chi connectivity index (χ2v) is 3.46. The van der Waals surface area contributed by atoms with Crippen molar-refractivity contribution in [1.82, 2.24) is 0 Å². The van der Waals surface area contributed by atoms with Gasteiger partial charge in [0.05, 0.1) is 0 Å². The molecule has 0 aliphatic carbocycles. The molecule has 0 aromatic heterocycles. The Morgan fingerprint density at radius 2 is 1.75 bits per heavy atom. The Kier molecular flexibility index (Phi) is 17.0. The molecule has 0 atom stereocenters. The van der Waals surface area contributed by atoms with Crippen LogP contribution in [0.15, 0.2) is 0 Å². The molecule has 0 aliphatic rings. The van der Waals surface area contributed by atoms with Gasteiger partial charge in [-0.2, -0.15) is 0 Å². The number of hydrogen-bond donors (Lipinski definition) is 0. The minimum atomic E-state index is 0. The van der Waals surface area contributed by atoms with E-state index in [2.05, 4.69) is 0 Å². The van der Waals surface area contributed by atoms with Crippen molar-refractivity contribution < 1.29 is 35.3 Å². The molecule has 8 heavy (non-hydrogen) atoms. The maximum absolute atomic E-state index is 5.45. The van der Waals surface area contributed by atoms with Gasteiger partial charge >= 0.3 is 60.1 Å². The maximum atomic E-state index is 5.45. The van der Waals surface area contributed by atoms with Crippen LogP contribution in [0.2, 0.25) is 5.02 Å². The van der Waals surface area contributed by atoms with Crippen LogP contribution in [0.5, 0.6) is 0 Å². The second-order valence-electron chi connectivity index (χ2n) is 1.60. The van der Waals surface area contributed by atoms with Gasteiger partial charge in [-0.05, 0) is 0 Å². The van der Waals surface area contributed by atoms with Crippen LogP contribution in [-0.4, -0.2) is 5.88 Å². The predicted octanol–water partition coefficient (Wildman–Crippen LogP) is -0.635. The molecule has 0 aromatic rings. The Hall–Kier alpha value is 1.39. The van der Waals surface area contributed by atoms with Crippen LogP contribution in [0.4, 0.5) is 0 Å². The van der Waals surface area contributed by atoms with Crippen LogP contribution < -0.4 is 17.0 Å². The molecule has 0 bridgehead atoms. The maximum Gasteiger partial charge on any atom is -1.00 e. The van der Waals surface area contributed by atoms with E-state index >= 15 is 0 Å². The molecule has 0 saturated carbocycles.